The van der Waals surface area contributed by atoms with Crippen molar-refractivity contribution in [2.45, 2.75) is 12.8 Å². The molecule has 0 aliphatic heterocycles. The van der Waals surface area contributed by atoms with E-state index in [1.807, 2.05) is 0 Å². The van der Waals surface area contributed by atoms with Gasteiger partial charge in [-0.05, 0) is 30.7 Å². The van der Waals surface area contributed by atoms with Gasteiger partial charge in [0.15, 0.2) is 0 Å². The summed E-state index contributed by atoms with van der Waals surface area (Å²) in [4.78, 5) is 11.0. The van der Waals surface area contributed by atoms with Crippen molar-refractivity contribution in [2.24, 2.45) is 0 Å². The highest BCUT2D eigenvalue weighted by atomic mass is 35.5. The third kappa shape index (κ3) is 5.08. The summed E-state index contributed by atoms with van der Waals surface area (Å²) in [5.74, 6) is -0.357. The normalized spacial score (nSPS) is 11.1. The molecule has 1 rings (SSSR count). The Bertz CT molecular complexity index is 527. The number of halogens is 1. The zero-order valence-corrected chi connectivity index (χ0v) is 12.4. The minimum atomic E-state index is -3.40. The standard InChI is InChI=1S/C12H16ClNO4S/c1-18-12(15)4-3-9-14(19(2,16)17)11-7-5-10(13)6-8-11/h5-8H,3-4,9H2,1-2H3. The van der Waals surface area contributed by atoms with Crippen LogP contribution in [0, 0.1) is 0 Å². The molecule has 0 radical (unpaired) electrons. The molecule has 106 valence electrons. The summed E-state index contributed by atoms with van der Waals surface area (Å²) in [7, 11) is -2.10. The highest BCUT2D eigenvalue weighted by molar-refractivity contribution is 7.92. The fraction of sp³-hybridized carbons (Fsp3) is 0.417. The van der Waals surface area contributed by atoms with Crippen molar-refractivity contribution in [3.8, 4) is 0 Å². The van der Waals surface area contributed by atoms with E-state index in [2.05, 4.69) is 4.74 Å². The van der Waals surface area contributed by atoms with Gasteiger partial charge in [-0.3, -0.25) is 9.10 Å². The number of anilines is 1. The molecule has 0 aromatic heterocycles. The Morgan fingerprint density at radius 1 is 1.32 bits per heavy atom. The number of esters is 1. The lowest BCUT2D eigenvalue weighted by atomic mass is 10.3. The molecule has 0 bridgehead atoms. The number of hydrogen-bond donors (Lipinski definition) is 0. The molecule has 1 aromatic rings. The number of methoxy groups -OCH3 is 1. The maximum absolute atomic E-state index is 11.7. The Morgan fingerprint density at radius 2 is 1.89 bits per heavy atom. The molecule has 5 nitrogen and oxygen atoms in total. The zero-order chi connectivity index (χ0) is 14.5. The largest absolute Gasteiger partial charge is 0.469 e. The van der Waals surface area contributed by atoms with Crippen LogP contribution in [-0.4, -0.2) is 34.3 Å². The monoisotopic (exact) mass is 305 g/mol. The van der Waals surface area contributed by atoms with E-state index in [4.69, 9.17) is 11.6 Å². The van der Waals surface area contributed by atoms with E-state index < -0.39 is 10.0 Å². The van der Waals surface area contributed by atoms with Crippen LogP contribution in [0.1, 0.15) is 12.8 Å². The smallest absolute Gasteiger partial charge is 0.305 e. The van der Waals surface area contributed by atoms with E-state index in [0.717, 1.165) is 6.26 Å². The molecule has 0 amide bonds. The van der Waals surface area contributed by atoms with E-state index in [9.17, 15) is 13.2 Å². The lowest BCUT2D eigenvalue weighted by molar-refractivity contribution is -0.140. The second-order valence-electron chi connectivity index (χ2n) is 3.99. The fourth-order valence-corrected chi connectivity index (χ4v) is 2.65. The summed E-state index contributed by atoms with van der Waals surface area (Å²) in [6, 6.07) is 6.49. The van der Waals surface area contributed by atoms with Crippen molar-refractivity contribution in [1.82, 2.24) is 0 Å². The lowest BCUT2D eigenvalue weighted by Gasteiger charge is -2.22. The number of sulfonamides is 1. The third-order valence-corrected chi connectivity index (χ3v) is 3.93. The van der Waals surface area contributed by atoms with Crippen LogP contribution in [0.15, 0.2) is 24.3 Å². The predicted octanol–water partition coefficient (Wildman–Crippen LogP) is 2.06. The number of nitrogens with zero attached hydrogens (tertiary/aromatic N) is 1. The molecule has 0 N–H and O–H groups in total. The SMILES string of the molecule is COC(=O)CCCN(c1ccc(Cl)cc1)S(C)(=O)=O. The Labute approximate surface area is 118 Å². The molecule has 19 heavy (non-hydrogen) atoms. The second kappa shape index (κ2) is 6.77. The van der Waals surface area contributed by atoms with Gasteiger partial charge in [0.25, 0.3) is 0 Å². The van der Waals surface area contributed by atoms with Gasteiger partial charge in [-0.2, -0.15) is 0 Å². The lowest BCUT2D eigenvalue weighted by Crippen LogP contribution is -2.31. The first kappa shape index (κ1) is 15.8. The van der Waals surface area contributed by atoms with Crippen molar-refractivity contribution in [1.29, 1.82) is 0 Å². The average molecular weight is 306 g/mol. The Morgan fingerprint density at radius 3 is 2.37 bits per heavy atom. The minimum absolute atomic E-state index is 0.177. The van der Waals surface area contributed by atoms with Gasteiger partial charge in [-0.15, -0.1) is 0 Å². The first-order valence-electron chi connectivity index (χ1n) is 5.64. The molecule has 0 aliphatic carbocycles. The number of ether oxygens (including phenoxy) is 1. The number of benzene rings is 1. The zero-order valence-electron chi connectivity index (χ0n) is 10.8. The summed E-state index contributed by atoms with van der Waals surface area (Å²) >= 11 is 5.77. The first-order chi connectivity index (χ1) is 8.84. The molecule has 0 saturated carbocycles. The molecule has 0 fully saturated rings. The summed E-state index contributed by atoms with van der Waals surface area (Å²) < 4.78 is 29.2. The maximum atomic E-state index is 11.7. The molecule has 7 heteroatoms. The molecule has 1 aromatic carbocycles. The molecule has 0 atom stereocenters. The van der Waals surface area contributed by atoms with Crippen LogP contribution in [0.4, 0.5) is 5.69 Å². The quantitative estimate of drug-likeness (QED) is 0.755. The Kier molecular flexibility index (Phi) is 5.62. The number of carbonyl (C=O) groups excluding carboxylic acids is 1. The van der Waals surface area contributed by atoms with Crippen molar-refractivity contribution in [2.75, 3.05) is 24.2 Å². The van der Waals surface area contributed by atoms with Crippen molar-refractivity contribution in [3.63, 3.8) is 0 Å². The van der Waals surface area contributed by atoms with Crippen molar-refractivity contribution < 1.29 is 17.9 Å². The van der Waals surface area contributed by atoms with Gasteiger partial charge in [-0.1, -0.05) is 11.6 Å². The van der Waals surface area contributed by atoms with Crippen molar-refractivity contribution in [3.05, 3.63) is 29.3 Å². The second-order valence-corrected chi connectivity index (χ2v) is 6.33. The van der Waals surface area contributed by atoms with Crippen LogP contribution >= 0.6 is 11.6 Å². The fourth-order valence-electron chi connectivity index (χ4n) is 1.56. The Balaban J connectivity index is 2.79. The minimum Gasteiger partial charge on any atom is -0.469 e. The summed E-state index contributed by atoms with van der Waals surface area (Å²) in [5, 5.41) is 0.534. The Hall–Kier alpha value is -1.27. The van der Waals surface area contributed by atoms with Crippen molar-refractivity contribution >= 4 is 33.3 Å². The molecule has 0 saturated heterocycles. The van der Waals surface area contributed by atoms with E-state index in [1.165, 1.54) is 11.4 Å². The molecule has 0 spiro atoms. The summed E-state index contributed by atoms with van der Waals surface area (Å²) in [6.07, 6.45) is 1.69. The first-order valence-corrected chi connectivity index (χ1v) is 7.87. The van der Waals surface area contributed by atoms with E-state index in [-0.39, 0.29) is 18.9 Å². The topological polar surface area (TPSA) is 63.7 Å². The van der Waals surface area contributed by atoms with Crippen LogP contribution in [0.25, 0.3) is 0 Å². The van der Waals surface area contributed by atoms with Gasteiger partial charge < -0.3 is 4.74 Å². The van der Waals surface area contributed by atoms with Gasteiger partial charge in [-0.25, -0.2) is 8.42 Å². The number of carbonyl (C=O) groups is 1. The molecule has 0 heterocycles. The predicted molar refractivity (Wildman–Crippen MR) is 74.9 cm³/mol. The van der Waals surface area contributed by atoms with Crippen LogP contribution in [0.3, 0.4) is 0 Å². The molecule has 0 aliphatic rings. The van der Waals surface area contributed by atoms with Crippen LogP contribution in [0.5, 0.6) is 0 Å². The molecule has 0 unspecified atom stereocenters. The maximum Gasteiger partial charge on any atom is 0.305 e. The summed E-state index contributed by atoms with van der Waals surface area (Å²) in [5.41, 5.74) is 0.525. The molecular weight excluding hydrogens is 290 g/mol. The van der Waals surface area contributed by atoms with Crippen LogP contribution in [-0.2, 0) is 19.6 Å². The van der Waals surface area contributed by atoms with Gasteiger partial charge in [0.05, 0.1) is 19.1 Å². The highest BCUT2D eigenvalue weighted by Crippen LogP contribution is 2.20. The third-order valence-electron chi connectivity index (χ3n) is 2.48. The van der Waals surface area contributed by atoms with Crippen LogP contribution in [0.2, 0.25) is 5.02 Å². The van der Waals surface area contributed by atoms with Crippen LogP contribution < -0.4 is 4.31 Å². The highest BCUT2D eigenvalue weighted by Gasteiger charge is 2.17. The average Bonchev–Trinajstić information content (AvgIpc) is 2.34. The number of hydrogen-bond acceptors (Lipinski definition) is 4. The van der Waals surface area contributed by atoms with E-state index in [0.29, 0.717) is 17.1 Å². The van der Waals surface area contributed by atoms with Gasteiger partial charge in [0, 0.05) is 18.0 Å². The molecular formula is C12H16ClNO4S. The van der Waals surface area contributed by atoms with E-state index in [1.54, 1.807) is 24.3 Å². The van der Waals surface area contributed by atoms with Gasteiger partial charge >= 0.3 is 5.97 Å². The summed E-state index contributed by atoms with van der Waals surface area (Å²) in [6.45, 7) is 0.218. The van der Waals surface area contributed by atoms with Gasteiger partial charge in [0.1, 0.15) is 0 Å². The van der Waals surface area contributed by atoms with Gasteiger partial charge in [0.2, 0.25) is 10.0 Å². The number of rotatable bonds is 6. The van der Waals surface area contributed by atoms with E-state index >= 15 is 0 Å².